The summed E-state index contributed by atoms with van der Waals surface area (Å²) in [5.41, 5.74) is 3.97. The summed E-state index contributed by atoms with van der Waals surface area (Å²) < 4.78 is 28.7. The molecular weight excluding hydrogens is 496 g/mol. The smallest absolute Gasteiger partial charge is 0.264 e. The zero-order chi connectivity index (χ0) is 26.7. The van der Waals surface area contributed by atoms with Crippen LogP contribution < -0.4 is 4.72 Å². The summed E-state index contributed by atoms with van der Waals surface area (Å²) in [6.45, 7) is 8.21. The maximum absolute atomic E-state index is 13.1. The second kappa shape index (κ2) is 10.9. The van der Waals surface area contributed by atoms with Crippen LogP contribution in [0.3, 0.4) is 0 Å². The Morgan fingerprint density at radius 2 is 1.58 bits per heavy atom. The number of anilines is 1. The van der Waals surface area contributed by atoms with Gasteiger partial charge < -0.3 is 4.90 Å². The molecule has 8 heteroatoms. The summed E-state index contributed by atoms with van der Waals surface area (Å²) in [6, 6.07) is 24.0. The number of rotatable bonds is 7. The number of sulfonamides is 1. The first-order valence-electron chi connectivity index (χ1n) is 12.9. The molecule has 1 saturated heterocycles. The molecule has 0 bridgehead atoms. The molecule has 2 heterocycles. The third kappa shape index (κ3) is 5.71. The van der Waals surface area contributed by atoms with Crippen LogP contribution in [0.4, 0.5) is 5.69 Å². The van der Waals surface area contributed by atoms with E-state index in [0.29, 0.717) is 35.8 Å². The summed E-state index contributed by atoms with van der Waals surface area (Å²) in [7, 11) is -3.85. The van der Waals surface area contributed by atoms with Crippen molar-refractivity contribution in [3.8, 4) is 0 Å². The highest BCUT2D eigenvalue weighted by molar-refractivity contribution is 7.93. The zero-order valence-corrected chi connectivity index (χ0v) is 22.5. The van der Waals surface area contributed by atoms with E-state index in [9.17, 15) is 13.2 Å². The van der Waals surface area contributed by atoms with Gasteiger partial charge in [0.1, 0.15) is 4.90 Å². The third-order valence-corrected chi connectivity index (χ3v) is 8.39. The summed E-state index contributed by atoms with van der Waals surface area (Å²) in [5, 5.41) is 0.750. The van der Waals surface area contributed by atoms with E-state index in [2.05, 4.69) is 52.7 Å². The first-order chi connectivity index (χ1) is 18.3. The Morgan fingerprint density at radius 1 is 0.895 bits per heavy atom. The number of fused-ring (bicyclic) bond motifs is 1. The van der Waals surface area contributed by atoms with Crippen LogP contribution in [0.5, 0.6) is 0 Å². The number of nitrogens with one attached hydrogen (secondary N) is 1. The molecule has 1 aliphatic rings. The number of benzene rings is 3. The number of piperazine rings is 1. The van der Waals surface area contributed by atoms with Gasteiger partial charge in [-0.15, -0.1) is 0 Å². The largest absolute Gasteiger partial charge is 0.336 e. The fourth-order valence-electron chi connectivity index (χ4n) is 4.74. The predicted octanol–water partition coefficient (Wildman–Crippen LogP) is 5.12. The molecule has 1 N–H and O–H groups in total. The van der Waals surface area contributed by atoms with Crippen LogP contribution in [0.2, 0.25) is 0 Å². The molecule has 1 aromatic heterocycles. The van der Waals surface area contributed by atoms with Crippen LogP contribution in [-0.2, 0) is 16.6 Å². The molecular formula is C30H32N4O3S. The van der Waals surface area contributed by atoms with Crippen molar-refractivity contribution in [3.63, 3.8) is 0 Å². The highest BCUT2D eigenvalue weighted by atomic mass is 32.2. The van der Waals surface area contributed by atoms with Crippen molar-refractivity contribution in [2.45, 2.75) is 31.2 Å². The van der Waals surface area contributed by atoms with E-state index < -0.39 is 10.0 Å². The van der Waals surface area contributed by atoms with Crippen molar-refractivity contribution in [1.82, 2.24) is 14.8 Å². The topological polar surface area (TPSA) is 82.6 Å². The van der Waals surface area contributed by atoms with Gasteiger partial charge in [0.15, 0.2) is 0 Å². The fourth-order valence-corrected chi connectivity index (χ4v) is 5.98. The highest BCUT2D eigenvalue weighted by Crippen LogP contribution is 2.24. The van der Waals surface area contributed by atoms with E-state index in [1.54, 1.807) is 42.6 Å². The molecule has 4 aromatic rings. The second-order valence-electron chi connectivity index (χ2n) is 9.98. The second-order valence-corrected chi connectivity index (χ2v) is 11.6. The Labute approximate surface area is 224 Å². The average Bonchev–Trinajstić information content (AvgIpc) is 2.93. The van der Waals surface area contributed by atoms with Crippen LogP contribution in [0.25, 0.3) is 10.9 Å². The zero-order valence-electron chi connectivity index (χ0n) is 21.7. The minimum atomic E-state index is -3.85. The average molecular weight is 529 g/mol. The molecule has 0 unspecified atom stereocenters. The molecule has 1 amide bonds. The van der Waals surface area contributed by atoms with Crippen LogP contribution in [-0.4, -0.2) is 55.3 Å². The molecule has 0 radical (unpaired) electrons. The molecule has 1 fully saturated rings. The summed E-state index contributed by atoms with van der Waals surface area (Å²) in [4.78, 5) is 21.7. The van der Waals surface area contributed by atoms with Crippen LogP contribution in [0.1, 0.15) is 41.3 Å². The Balaban J connectivity index is 1.19. The summed E-state index contributed by atoms with van der Waals surface area (Å²) in [5.74, 6) is 0.480. The van der Waals surface area contributed by atoms with Crippen molar-refractivity contribution in [1.29, 1.82) is 0 Å². The first-order valence-corrected chi connectivity index (χ1v) is 14.4. The van der Waals surface area contributed by atoms with Gasteiger partial charge in [-0.2, -0.15) is 0 Å². The molecule has 196 valence electrons. The number of aromatic nitrogens is 1. The van der Waals surface area contributed by atoms with E-state index >= 15 is 0 Å². The molecule has 5 rings (SSSR count). The van der Waals surface area contributed by atoms with Gasteiger partial charge in [0.25, 0.3) is 15.9 Å². The van der Waals surface area contributed by atoms with Gasteiger partial charge >= 0.3 is 0 Å². The van der Waals surface area contributed by atoms with Crippen molar-refractivity contribution < 1.29 is 13.2 Å². The van der Waals surface area contributed by atoms with Crippen molar-refractivity contribution >= 4 is 32.5 Å². The lowest BCUT2D eigenvalue weighted by Gasteiger charge is -2.34. The normalized spacial score (nSPS) is 14.7. The van der Waals surface area contributed by atoms with Gasteiger partial charge in [0.2, 0.25) is 0 Å². The number of carbonyl (C=O) groups excluding carboxylic acids is 1. The van der Waals surface area contributed by atoms with E-state index in [0.717, 1.165) is 25.0 Å². The van der Waals surface area contributed by atoms with Crippen LogP contribution in [0.15, 0.2) is 90.0 Å². The first kappa shape index (κ1) is 25.9. The van der Waals surface area contributed by atoms with E-state index in [1.807, 2.05) is 17.0 Å². The molecule has 3 aromatic carbocycles. The maximum Gasteiger partial charge on any atom is 0.264 e. The minimum absolute atomic E-state index is 0.0430. The number of pyridine rings is 1. The fraction of sp³-hybridized carbons (Fsp3) is 0.267. The van der Waals surface area contributed by atoms with Gasteiger partial charge in [0.05, 0.1) is 5.52 Å². The lowest BCUT2D eigenvalue weighted by atomic mass is 10.0. The van der Waals surface area contributed by atoms with Crippen molar-refractivity contribution in [2.24, 2.45) is 0 Å². The van der Waals surface area contributed by atoms with Crippen LogP contribution in [0, 0.1) is 0 Å². The highest BCUT2D eigenvalue weighted by Gasteiger charge is 2.23. The van der Waals surface area contributed by atoms with E-state index in [-0.39, 0.29) is 10.8 Å². The molecule has 0 atom stereocenters. The standard InChI is InChI=1S/C30H32N4O3S/c1-22(2)24-10-8-23(9-11-24)21-33-17-19-34(20-18-33)30(35)26-12-14-27(15-13-26)32-38(36,37)28-7-3-5-25-6-4-16-31-29(25)28/h3-16,22,32H,17-21H2,1-2H3. The SMILES string of the molecule is CC(C)c1ccc(CN2CCN(C(=O)c3ccc(NS(=O)(=O)c4cccc5cccnc45)cc3)CC2)cc1. The number of nitrogens with zero attached hydrogens (tertiary/aromatic N) is 3. The van der Waals surface area contributed by atoms with Gasteiger partial charge in [-0.1, -0.05) is 56.3 Å². The number of hydrogen-bond acceptors (Lipinski definition) is 5. The monoisotopic (exact) mass is 528 g/mol. The van der Waals surface area contributed by atoms with Crippen LogP contribution >= 0.6 is 0 Å². The van der Waals surface area contributed by atoms with Crippen molar-refractivity contribution in [3.05, 3.63) is 102 Å². The lowest BCUT2D eigenvalue weighted by molar-refractivity contribution is 0.0628. The predicted molar refractivity (Wildman–Crippen MR) is 151 cm³/mol. The molecule has 38 heavy (non-hydrogen) atoms. The van der Waals surface area contributed by atoms with E-state index in [4.69, 9.17) is 0 Å². The Bertz CT molecular complexity index is 1520. The van der Waals surface area contributed by atoms with Gasteiger partial charge in [-0.25, -0.2) is 8.42 Å². The molecule has 1 aliphatic heterocycles. The minimum Gasteiger partial charge on any atom is -0.336 e. The van der Waals surface area contributed by atoms with E-state index in [1.165, 1.54) is 17.2 Å². The molecule has 0 saturated carbocycles. The van der Waals surface area contributed by atoms with Crippen molar-refractivity contribution in [2.75, 3.05) is 30.9 Å². The number of hydrogen-bond donors (Lipinski definition) is 1. The number of carbonyl (C=O) groups is 1. The lowest BCUT2D eigenvalue weighted by Crippen LogP contribution is -2.48. The van der Waals surface area contributed by atoms with Gasteiger partial charge in [-0.05, 0) is 53.4 Å². The number of para-hydroxylation sites is 1. The third-order valence-electron chi connectivity index (χ3n) is 6.98. The maximum atomic E-state index is 13.1. The summed E-state index contributed by atoms with van der Waals surface area (Å²) in [6.07, 6.45) is 1.58. The van der Waals surface area contributed by atoms with Gasteiger partial charge in [0, 0.05) is 55.6 Å². The Kier molecular flexibility index (Phi) is 7.44. The molecule has 0 aliphatic carbocycles. The molecule has 0 spiro atoms. The Morgan fingerprint density at radius 3 is 2.26 bits per heavy atom. The van der Waals surface area contributed by atoms with Gasteiger partial charge in [-0.3, -0.25) is 19.4 Å². The summed E-state index contributed by atoms with van der Waals surface area (Å²) >= 11 is 0. The Hall–Kier alpha value is -3.75. The quantitative estimate of drug-likeness (QED) is 0.360. The molecule has 7 nitrogen and oxygen atoms in total. The number of amides is 1.